The molecule has 3 aromatic carbocycles. The van der Waals surface area contributed by atoms with E-state index in [1.54, 1.807) is 49.4 Å². The lowest BCUT2D eigenvalue weighted by atomic mass is 10.1. The molecule has 9 heteroatoms. The summed E-state index contributed by atoms with van der Waals surface area (Å²) in [5.74, 6) is -0.845. The van der Waals surface area contributed by atoms with Crippen LogP contribution in [0, 0.1) is 6.92 Å². The second kappa shape index (κ2) is 11.5. The van der Waals surface area contributed by atoms with Gasteiger partial charge in [0.1, 0.15) is 12.6 Å². The van der Waals surface area contributed by atoms with Gasteiger partial charge in [-0.25, -0.2) is 8.42 Å². The van der Waals surface area contributed by atoms with Gasteiger partial charge in [-0.05, 0) is 55.8 Å². The van der Waals surface area contributed by atoms with Gasteiger partial charge >= 0.3 is 0 Å². The maximum Gasteiger partial charge on any atom is 0.264 e. The molecular formula is C26H28BrN3O4S. The first-order chi connectivity index (χ1) is 16.6. The van der Waals surface area contributed by atoms with Gasteiger partial charge in [-0.2, -0.15) is 0 Å². The van der Waals surface area contributed by atoms with Crippen LogP contribution in [0.2, 0.25) is 0 Å². The van der Waals surface area contributed by atoms with Gasteiger partial charge in [0.2, 0.25) is 11.8 Å². The predicted molar refractivity (Wildman–Crippen MR) is 140 cm³/mol. The van der Waals surface area contributed by atoms with Gasteiger partial charge in [0, 0.05) is 18.1 Å². The van der Waals surface area contributed by atoms with Crippen molar-refractivity contribution >= 4 is 43.5 Å². The number of halogens is 1. The number of aryl methyl sites for hydroxylation is 1. The number of hydrogen-bond acceptors (Lipinski definition) is 4. The van der Waals surface area contributed by atoms with E-state index < -0.39 is 28.5 Å². The number of benzene rings is 3. The number of amides is 2. The van der Waals surface area contributed by atoms with Gasteiger partial charge in [0.05, 0.1) is 10.6 Å². The number of nitrogens with one attached hydrogen (secondary N) is 1. The average molecular weight is 558 g/mol. The van der Waals surface area contributed by atoms with E-state index in [9.17, 15) is 18.0 Å². The van der Waals surface area contributed by atoms with Crippen molar-refractivity contribution < 1.29 is 18.0 Å². The number of likely N-dealkylation sites (N-methyl/N-ethyl adjacent to an activating group) is 1. The summed E-state index contributed by atoms with van der Waals surface area (Å²) >= 11 is 3.43. The molecule has 0 radical (unpaired) electrons. The van der Waals surface area contributed by atoms with Crippen molar-refractivity contribution in [2.75, 3.05) is 17.9 Å². The molecule has 0 aliphatic heterocycles. The summed E-state index contributed by atoms with van der Waals surface area (Å²) in [5, 5.41) is 2.57. The minimum Gasteiger partial charge on any atom is -0.357 e. The summed E-state index contributed by atoms with van der Waals surface area (Å²) < 4.78 is 29.1. The van der Waals surface area contributed by atoms with Crippen LogP contribution >= 0.6 is 15.9 Å². The molecule has 0 aliphatic rings. The molecule has 7 nitrogen and oxygen atoms in total. The van der Waals surface area contributed by atoms with Gasteiger partial charge < -0.3 is 10.2 Å². The van der Waals surface area contributed by atoms with Crippen molar-refractivity contribution in [3.05, 3.63) is 94.5 Å². The van der Waals surface area contributed by atoms with Gasteiger partial charge in [0.25, 0.3) is 10.0 Å². The summed E-state index contributed by atoms with van der Waals surface area (Å²) in [6.45, 7) is 3.20. The van der Waals surface area contributed by atoms with E-state index in [0.717, 1.165) is 19.9 Å². The Labute approximate surface area is 214 Å². The summed E-state index contributed by atoms with van der Waals surface area (Å²) in [4.78, 5) is 27.6. The number of sulfonamides is 1. The lowest BCUT2D eigenvalue weighted by Gasteiger charge is -2.31. The number of rotatable bonds is 9. The van der Waals surface area contributed by atoms with E-state index in [1.807, 2.05) is 31.2 Å². The van der Waals surface area contributed by atoms with Crippen LogP contribution in [0.5, 0.6) is 0 Å². The molecule has 0 bridgehead atoms. The molecule has 0 saturated heterocycles. The lowest BCUT2D eigenvalue weighted by molar-refractivity contribution is -0.139. The molecule has 0 fully saturated rings. The number of carbonyl (C=O) groups is 2. The Hall–Kier alpha value is -3.17. The average Bonchev–Trinajstić information content (AvgIpc) is 2.86. The molecule has 3 aromatic rings. The van der Waals surface area contributed by atoms with E-state index in [4.69, 9.17) is 0 Å². The van der Waals surface area contributed by atoms with E-state index in [2.05, 4.69) is 21.2 Å². The fraction of sp³-hybridized carbons (Fsp3) is 0.231. The van der Waals surface area contributed by atoms with Crippen molar-refractivity contribution in [3.63, 3.8) is 0 Å². The number of anilines is 1. The van der Waals surface area contributed by atoms with Crippen LogP contribution in [0.15, 0.2) is 88.2 Å². The highest BCUT2D eigenvalue weighted by Crippen LogP contribution is 2.25. The van der Waals surface area contributed by atoms with Gasteiger partial charge in [-0.1, -0.05) is 64.0 Å². The zero-order valence-electron chi connectivity index (χ0n) is 19.8. The highest BCUT2D eigenvalue weighted by molar-refractivity contribution is 9.10. The standard InChI is InChI=1S/C26H28BrN3O4S/c1-19-12-14-23(15-13-19)30(35(33,34)24-10-5-4-6-11-24)18-25(31)29(20(2)26(32)28-3)17-21-8-7-9-22(27)16-21/h4-16,20H,17-18H2,1-3H3,(H,28,32)/t20-/m1/s1. The molecule has 0 aromatic heterocycles. The maximum absolute atomic E-state index is 13.7. The Morgan fingerprint density at radius 2 is 1.63 bits per heavy atom. The van der Waals surface area contributed by atoms with Gasteiger partial charge in [0.15, 0.2) is 0 Å². The highest BCUT2D eigenvalue weighted by atomic mass is 79.9. The summed E-state index contributed by atoms with van der Waals surface area (Å²) in [6, 6.07) is 21.5. The first-order valence-electron chi connectivity index (χ1n) is 11.0. The largest absolute Gasteiger partial charge is 0.357 e. The second-order valence-electron chi connectivity index (χ2n) is 8.10. The summed E-state index contributed by atoms with van der Waals surface area (Å²) in [7, 11) is -2.55. The monoisotopic (exact) mass is 557 g/mol. The molecule has 0 saturated carbocycles. The molecular weight excluding hydrogens is 530 g/mol. The molecule has 35 heavy (non-hydrogen) atoms. The third-order valence-electron chi connectivity index (χ3n) is 5.59. The molecule has 1 N–H and O–H groups in total. The van der Waals surface area contributed by atoms with Crippen LogP contribution in [-0.4, -0.2) is 44.8 Å². The molecule has 2 amide bonds. The van der Waals surface area contributed by atoms with Crippen LogP contribution < -0.4 is 9.62 Å². The first-order valence-corrected chi connectivity index (χ1v) is 13.3. The first kappa shape index (κ1) is 26.4. The van der Waals surface area contributed by atoms with E-state index >= 15 is 0 Å². The van der Waals surface area contributed by atoms with Crippen molar-refractivity contribution in [2.24, 2.45) is 0 Å². The smallest absolute Gasteiger partial charge is 0.264 e. The molecule has 3 rings (SSSR count). The van der Waals surface area contributed by atoms with Crippen LogP contribution in [0.4, 0.5) is 5.69 Å². The normalized spacial score (nSPS) is 12.0. The Kier molecular flexibility index (Phi) is 8.69. The van der Waals surface area contributed by atoms with Crippen molar-refractivity contribution in [1.29, 1.82) is 0 Å². The third-order valence-corrected chi connectivity index (χ3v) is 7.87. The topological polar surface area (TPSA) is 86.8 Å². The quantitative estimate of drug-likeness (QED) is 0.428. The Morgan fingerprint density at radius 1 is 0.971 bits per heavy atom. The SMILES string of the molecule is CNC(=O)[C@@H](C)N(Cc1cccc(Br)c1)C(=O)CN(c1ccc(C)cc1)S(=O)(=O)c1ccccc1. The zero-order chi connectivity index (χ0) is 25.6. The van der Waals surface area contributed by atoms with Crippen LogP contribution in [0.25, 0.3) is 0 Å². The van der Waals surface area contributed by atoms with Gasteiger partial charge in [-0.15, -0.1) is 0 Å². The van der Waals surface area contributed by atoms with E-state index in [-0.39, 0.29) is 17.3 Å². The molecule has 0 heterocycles. The number of carbonyl (C=O) groups excluding carboxylic acids is 2. The highest BCUT2D eigenvalue weighted by Gasteiger charge is 2.32. The second-order valence-corrected chi connectivity index (χ2v) is 10.9. The predicted octanol–water partition coefficient (Wildman–Crippen LogP) is 4.12. The van der Waals surface area contributed by atoms with Crippen LogP contribution in [0.3, 0.4) is 0 Å². The minimum atomic E-state index is -4.05. The Balaban J connectivity index is 2.01. The number of hydrogen-bond donors (Lipinski definition) is 1. The van der Waals surface area contributed by atoms with E-state index in [0.29, 0.717) is 5.69 Å². The molecule has 0 unspecified atom stereocenters. The maximum atomic E-state index is 13.7. The minimum absolute atomic E-state index is 0.0752. The zero-order valence-corrected chi connectivity index (χ0v) is 22.2. The van der Waals surface area contributed by atoms with Crippen molar-refractivity contribution in [3.8, 4) is 0 Å². The van der Waals surface area contributed by atoms with Crippen molar-refractivity contribution in [2.45, 2.75) is 31.3 Å². The van der Waals surface area contributed by atoms with Crippen LogP contribution in [0.1, 0.15) is 18.1 Å². The summed E-state index contributed by atoms with van der Waals surface area (Å²) in [5.41, 5.74) is 2.13. The summed E-state index contributed by atoms with van der Waals surface area (Å²) in [6.07, 6.45) is 0. The van der Waals surface area contributed by atoms with E-state index in [1.165, 1.54) is 24.1 Å². The van der Waals surface area contributed by atoms with Crippen molar-refractivity contribution in [1.82, 2.24) is 10.2 Å². The molecule has 184 valence electrons. The Morgan fingerprint density at radius 3 is 2.23 bits per heavy atom. The molecule has 0 spiro atoms. The lowest BCUT2D eigenvalue weighted by Crippen LogP contribution is -2.50. The van der Waals surface area contributed by atoms with Crippen LogP contribution in [-0.2, 0) is 26.2 Å². The fourth-order valence-corrected chi connectivity index (χ4v) is 5.46. The fourth-order valence-electron chi connectivity index (χ4n) is 3.58. The Bertz CT molecular complexity index is 1280. The van der Waals surface area contributed by atoms with Gasteiger partial charge in [-0.3, -0.25) is 13.9 Å². The molecule has 0 aliphatic carbocycles. The third kappa shape index (κ3) is 6.49. The molecule has 1 atom stereocenters. The number of nitrogens with zero attached hydrogens (tertiary/aromatic N) is 2.